The summed E-state index contributed by atoms with van der Waals surface area (Å²) >= 11 is 0. The standard InChI is InChI=1S/C25H33N3O6/c1-2-33-24(32)25-10-3-8-20(25)28(17-19-7-5-14-34-19)23(31)18(16-25)15-21(29)26-11-6-13-27-12-4-9-22(27)30/h5,7-8,14,18H,2-4,6,9-13,15-17H2,1H3,(H,26,29)/t18-,25-/m0/s1. The van der Waals surface area contributed by atoms with Crippen molar-refractivity contribution in [3.8, 4) is 0 Å². The topological polar surface area (TPSA) is 109 Å². The smallest absolute Gasteiger partial charge is 0.318 e. The lowest BCUT2D eigenvalue weighted by molar-refractivity contribution is -0.161. The molecule has 0 aromatic carbocycles. The van der Waals surface area contributed by atoms with E-state index >= 15 is 0 Å². The Hall–Kier alpha value is -3.10. The molecule has 2 fully saturated rings. The predicted molar refractivity (Wildman–Crippen MR) is 122 cm³/mol. The van der Waals surface area contributed by atoms with Gasteiger partial charge in [-0.15, -0.1) is 0 Å². The number of nitrogens with one attached hydrogen (secondary N) is 1. The second kappa shape index (κ2) is 10.4. The third-order valence-electron chi connectivity index (χ3n) is 6.99. The zero-order valence-electron chi connectivity index (χ0n) is 19.7. The Morgan fingerprint density at radius 1 is 1.32 bits per heavy atom. The van der Waals surface area contributed by atoms with Crippen molar-refractivity contribution in [1.29, 1.82) is 0 Å². The van der Waals surface area contributed by atoms with Crippen molar-refractivity contribution in [3.05, 3.63) is 35.9 Å². The second-order valence-electron chi connectivity index (χ2n) is 9.23. The molecule has 2 aliphatic heterocycles. The zero-order chi connectivity index (χ0) is 24.1. The minimum atomic E-state index is -0.919. The van der Waals surface area contributed by atoms with Gasteiger partial charge in [-0.25, -0.2) is 0 Å². The number of rotatable bonds is 10. The van der Waals surface area contributed by atoms with E-state index in [-0.39, 0.29) is 49.7 Å². The van der Waals surface area contributed by atoms with Crippen LogP contribution in [0.3, 0.4) is 0 Å². The van der Waals surface area contributed by atoms with Crippen LogP contribution in [0.25, 0.3) is 0 Å². The summed E-state index contributed by atoms with van der Waals surface area (Å²) in [4.78, 5) is 54.4. The van der Waals surface area contributed by atoms with Crippen LogP contribution in [0.1, 0.15) is 57.6 Å². The predicted octanol–water partition coefficient (Wildman–Crippen LogP) is 2.37. The second-order valence-corrected chi connectivity index (χ2v) is 9.23. The molecule has 3 aliphatic rings. The van der Waals surface area contributed by atoms with Gasteiger partial charge < -0.3 is 24.3 Å². The van der Waals surface area contributed by atoms with Crippen molar-refractivity contribution in [1.82, 2.24) is 15.1 Å². The normalized spacial score (nSPS) is 24.3. The van der Waals surface area contributed by atoms with Gasteiger partial charge in [0.25, 0.3) is 0 Å². The summed E-state index contributed by atoms with van der Waals surface area (Å²) in [5.41, 5.74) is -0.253. The summed E-state index contributed by atoms with van der Waals surface area (Å²) in [6.07, 6.45) is 7.15. The molecule has 184 valence electrons. The molecule has 0 spiro atoms. The van der Waals surface area contributed by atoms with E-state index in [0.717, 1.165) is 13.0 Å². The lowest BCUT2D eigenvalue weighted by Crippen LogP contribution is -2.52. The maximum Gasteiger partial charge on any atom is 0.318 e. The summed E-state index contributed by atoms with van der Waals surface area (Å²) in [6.45, 7) is 4.07. The molecule has 0 radical (unpaired) electrons. The number of ether oxygens (including phenoxy) is 1. The van der Waals surface area contributed by atoms with E-state index in [1.807, 2.05) is 11.0 Å². The van der Waals surface area contributed by atoms with Gasteiger partial charge in [-0.3, -0.25) is 19.2 Å². The van der Waals surface area contributed by atoms with Crippen LogP contribution in [0.2, 0.25) is 0 Å². The van der Waals surface area contributed by atoms with E-state index in [4.69, 9.17) is 9.15 Å². The van der Waals surface area contributed by atoms with Crippen LogP contribution < -0.4 is 5.32 Å². The number of amides is 3. The SMILES string of the molecule is CCOC(=O)[C@]12CCC=C1N(Cc1ccco1)C(=O)[C@@H](CC(=O)NCCCN1CCCC1=O)C2. The molecule has 34 heavy (non-hydrogen) atoms. The Morgan fingerprint density at radius 2 is 2.18 bits per heavy atom. The molecule has 9 heteroatoms. The van der Waals surface area contributed by atoms with Crippen molar-refractivity contribution in [2.75, 3.05) is 26.2 Å². The Balaban J connectivity index is 1.42. The van der Waals surface area contributed by atoms with Crippen LogP contribution in [0.5, 0.6) is 0 Å². The molecule has 0 bridgehead atoms. The van der Waals surface area contributed by atoms with E-state index in [2.05, 4.69) is 5.32 Å². The number of nitrogens with zero attached hydrogens (tertiary/aromatic N) is 2. The van der Waals surface area contributed by atoms with E-state index in [1.54, 1.807) is 30.2 Å². The summed E-state index contributed by atoms with van der Waals surface area (Å²) in [6, 6.07) is 3.54. The minimum Gasteiger partial charge on any atom is -0.467 e. The largest absolute Gasteiger partial charge is 0.467 e. The molecule has 3 amide bonds. The first-order chi connectivity index (χ1) is 16.4. The van der Waals surface area contributed by atoms with Gasteiger partial charge in [0, 0.05) is 44.1 Å². The number of carbonyl (C=O) groups excluding carboxylic acids is 4. The maximum absolute atomic E-state index is 13.5. The Bertz CT molecular complexity index is 956. The molecule has 1 aromatic rings. The summed E-state index contributed by atoms with van der Waals surface area (Å²) in [5, 5.41) is 2.88. The van der Waals surface area contributed by atoms with Gasteiger partial charge in [-0.05, 0) is 51.2 Å². The molecule has 2 saturated heterocycles. The average Bonchev–Trinajstić information content (AvgIpc) is 3.56. The van der Waals surface area contributed by atoms with Gasteiger partial charge in [-0.1, -0.05) is 6.08 Å². The number of hydrogen-bond donors (Lipinski definition) is 1. The van der Waals surface area contributed by atoms with Crippen LogP contribution in [0, 0.1) is 11.3 Å². The van der Waals surface area contributed by atoms with Crippen molar-refractivity contribution < 1.29 is 28.3 Å². The number of fused-ring (bicyclic) bond motifs is 1. The van der Waals surface area contributed by atoms with Crippen LogP contribution >= 0.6 is 0 Å². The zero-order valence-corrected chi connectivity index (χ0v) is 19.7. The van der Waals surface area contributed by atoms with Crippen molar-refractivity contribution in [2.45, 2.75) is 58.4 Å². The van der Waals surface area contributed by atoms with E-state index < -0.39 is 11.3 Å². The third kappa shape index (κ3) is 4.88. The number of likely N-dealkylation sites (tertiary alicyclic amines) is 2. The molecule has 9 nitrogen and oxygen atoms in total. The highest BCUT2D eigenvalue weighted by Crippen LogP contribution is 2.51. The molecule has 1 aliphatic carbocycles. The van der Waals surface area contributed by atoms with Crippen LogP contribution in [0.4, 0.5) is 0 Å². The molecule has 2 atom stereocenters. The fraction of sp³-hybridized carbons (Fsp3) is 0.600. The quantitative estimate of drug-likeness (QED) is 0.415. The first-order valence-electron chi connectivity index (χ1n) is 12.2. The molecule has 1 N–H and O–H groups in total. The highest BCUT2D eigenvalue weighted by molar-refractivity contribution is 5.92. The fourth-order valence-electron chi connectivity index (χ4n) is 5.38. The number of piperidine rings is 1. The van der Waals surface area contributed by atoms with Crippen LogP contribution in [-0.4, -0.2) is 59.7 Å². The van der Waals surface area contributed by atoms with Gasteiger partial charge >= 0.3 is 5.97 Å². The molecule has 3 heterocycles. The van der Waals surface area contributed by atoms with Gasteiger partial charge in [0.1, 0.15) is 11.2 Å². The third-order valence-corrected chi connectivity index (χ3v) is 6.99. The van der Waals surface area contributed by atoms with Gasteiger partial charge in [-0.2, -0.15) is 0 Å². The van der Waals surface area contributed by atoms with Crippen molar-refractivity contribution in [2.24, 2.45) is 11.3 Å². The molecule has 0 saturated carbocycles. The lowest BCUT2D eigenvalue weighted by atomic mass is 9.71. The number of allylic oxidation sites excluding steroid dienone is 1. The molecular formula is C25H33N3O6. The highest BCUT2D eigenvalue weighted by Gasteiger charge is 2.55. The Morgan fingerprint density at radius 3 is 2.88 bits per heavy atom. The minimum absolute atomic E-state index is 0.00453. The van der Waals surface area contributed by atoms with Crippen molar-refractivity contribution >= 4 is 23.7 Å². The summed E-state index contributed by atoms with van der Waals surface area (Å²) in [5.74, 6) is -0.595. The summed E-state index contributed by atoms with van der Waals surface area (Å²) in [7, 11) is 0. The van der Waals surface area contributed by atoms with E-state index in [1.165, 1.54) is 0 Å². The number of esters is 1. The Labute approximate surface area is 199 Å². The lowest BCUT2D eigenvalue weighted by Gasteiger charge is -2.43. The summed E-state index contributed by atoms with van der Waals surface area (Å²) < 4.78 is 10.9. The Kier molecular flexibility index (Phi) is 7.38. The molecule has 0 unspecified atom stereocenters. The van der Waals surface area contributed by atoms with Gasteiger partial charge in [0.15, 0.2) is 0 Å². The fourth-order valence-corrected chi connectivity index (χ4v) is 5.38. The number of carbonyl (C=O) groups is 4. The average molecular weight is 472 g/mol. The molecule has 1 aromatic heterocycles. The maximum atomic E-state index is 13.5. The van der Waals surface area contributed by atoms with Gasteiger partial charge in [0.2, 0.25) is 17.7 Å². The monoisotopic (exact) mass is 471 g/mol. The highest BCUT2D eigenvalue weighted by atomic mass is 16.5. The van der Waals surface area contributed by atoms with E-state index in [0.29, 0.717) is 50.2 Å². The molecular weight excluding hydrogens is 438 g/mol. The number of hydrogen-bond acceptors (Lipinski definition) is 6. The first kappa shape index (κ1) is 24.0. The first-order valence-corrected chi connectivity index (χ1v) is 12.2. The van der Waals surface area contributed by atoms with Gasteiger partial charge in [0.05, 0.1) is 19.4 Å². The van der Waals surface area contributed by atoms with Crippen molar-refractivity contribution in [3.63, 3.8) is 0 Å². The van der Waals surface area contributed by atoms with Crippen LogP contribution in [-0.2, 0) is 30.5 Å². The molecule has 4 rings (SSSR count). The van der Waals surface area contributed by atoms with E-state index in [9.17, 15) is 19.2 Å². The number of furan rings is 1. The van der Waals surface area contributed by atoms with Crippen LogP contribution in [0.15, 0.2) is 34.6 Å².